The van der Waals surface area contributed by atoms with Gasteiger partial charge in [0.25, 0.3) is 0 Å². The van der Waals surface area contributed by atoms with Crippen molar-refractivity contribution in [1.29, 1.82) is 0 Å². The van der Waals surface area contributed by atoms with E-state index in [1.54, 1.807) is 0 Å². The van der Waals surface area contributed by atoms with Crippen LogP contribution in [-0.4, -0.2) is 10.4 Å². The highest BCUT2D eigenvalue weighted by atomic mass is 16.5. The summed E-state index contributed by atoms with van der Waals surface area (Å²) in [6.07, 6.45) is 0.749. The van der Waals surface area contributed by atoms with Crippen LogP contribution in [-0.2, 0) is 6.42 Å². The lowest BCUT2D eigenvalue weighted by Crippen LogP contribution is -1.88. The summed E-state index contributed by atoms with van der Waals surface area (Å²) in [6, 6.07) is 0. The minimum Gasteiger partial charge on any atom is -0.379 e. The number of aromatic nitrogens is 2. The fourth-order valence-corrected chi connectivity index (χ4v) is 0.462. The van der Waals surface area contributed by atoms with E-state index in [2.05, 4.69) is 14.9 Å². The summed E-state index contributed by atoms with van der Waals surface area (Å²) in [7, 11) is 0. The predicted octanol–water partition coefficient (Wildman–Crippen LogP) is 0.214. The molecule has 0 spiro atoms. The predicted molar refractivity (Wildman–Crippen MR) is 28.1 cm³/mol. The minimum absolute atomic E-state index is 0.396. The Bertz CT molecular complexity index is 172. The zero-order chi connectivity index (χ0) is 5.98. The van der Waals surface area contributed by atoms with Gasteiger partial charge in [0.05, 0.1) is 0 Å². The van der Waals surface area contributed by atoms with Crippen LogP contribution >= 0.6 is 0 Å². The lowest BCUT2D eigenvalue weighted by Gasteiger charge is -1.81. The molecule has 0 atom stereocenters. The van der Waals surface area contributed by atoms with E-state index in [1.807, 2.05) is 6.92 Å². The van der Waals surface area contributed by atoms with Crippen molar-refractivity contribution in [2.75, 3.05) is 5.73 Å². The fraction of sp³-hybridized carbons (Fsp3) is 0.500. The number of anilines is 1. The normalized spacial score (nSPS) is 9.62. The first-order valence-electron chi connectivity index (χ1n) is 2.41. The Balaban J connectivity index is 2.92. The number of hydrogen-bond acceptors (Lipinski definition) is 4. The molecule has 4 heteroatoms. The summed E-state index contributed by atoms with van der Waals surface area (Å²) < 4.78 is 4.63. The molecule has 1 aromatic rings. The van der Waals surface area contributed by atoms with Gasteiger partial charge in [-0.1, -0.05) is 12.0 Å². The molecular weight excluding hydrogens is 106 g/mol. The molecule has 0 bridgehead atoms. The average Bonchev–Trinajstić information content (AvgIpc) is 2.14. The van der Waals surface area contributed by atoms with Crippen molar-refractivity contribution in [3.63, 3.8) is 0 Å². The SMILES string of the molecule is CCc1onnc1N. The van der Waals surface area contributed by atoms with Gasteiger partial charge in [-0.05, 0) is 0 Å². The smallest absolute Gasteiger partial charge is 0.190 e. The molecule has 4 nitrogen and oxygen atoms in total. The zero-order valence-electron chi connectivity index (χ0n) is 4.59. The monoisotopic (exact) mass is 113 g/mol. The van der Waals surface area contributed by atoms with Crippen molar-refractivity contribution < 1.29 is 4.52 Å². The second-order valence-corrected chi connectivity index (χ2v) is 1.43. The molecule has 0 radical (unpaired) electrons. The molecule has 2 N–H and O–H groups in total. The molecule has 0 amide bonds. The molecule has 44 valence electrons. The van der Waals surface area contributed by atoms with Crippen molar-refractivity contribution in [3.05, 3.63) is 5.76 Å². The van der Waals surface area contributed by atoms with Crippen molar-refractivity contribution in [2.24, 2.45) is 0 Å². The van der Waals surface area contributed by atoms with Crippen molar-refractivity contribution in [2.45, 2.75) is 13.3 Å². The summed E-state index contributed by atoms with van der Waals surface area (Å²) in [4.78, 5) is 0. The number of aryl methyl sites for hydroxylation is 1. The first kappa shape index (κ1) is 5.08. The largest absolute Gasteiger partial charge is 0.379 e. The molecule has 1 heterocycles. The first-order valence-corrected chi connectivity index (χ1v) is 2.41. The highest BCUT2D eigenvalue weighted by molar-refractivity contribution is 5.29. The van der Waals surface area contributed by atoms with E-state index >= 15 is 0 Å². The van der Waals surface area contributed by atoms with Crippen LogP contribution in [0.5, 0.6) is 0 Å². The molecule has 0 aliphatic rings. The van der Waals surface area contributed by atoms with Gasteiger partial charge >= 0.3 is 0 Å². The fourth-order valence-electron chi connectivity index (χ4n) is 0.462. The van der Waals surface area contributed by atoms with Crippen LogP contribution in [0.4, 0.5) is 5.82 Å². The molecule has 0 fully saturated rings. The van der Waals surface area contributed by atoms with Gasteiger partial charge in [-0.15, -0.1) is 0 Å². The van der Waals surface area contributed by atoms with Gasteiger partial charge in [0.2, 0.25) is 0 Å². The summed E-state index contributed by atoms with van der Waals surface area (Å²) in [5.41, 5.74) is 5.28. The molecule has 1 rings (SSSR count). The maximum absolute atomic E-state index is 5.28. The van der Waals surface area contributed by atoms with Crippen LogP contribution < -0.4 is 5.73 Å². The van der Waals surface area contributed by atoms with Crippen molar-refractivity contribution in [1.82, 2.24) is 10.4 Å². The number of rotatable bonds is 1. The third kappa shape index (κ3) is 0.641. The average molecular weight is 113 g/mol. The molecule has 0 saturated carbocycles. The molecule has 0 unspecified atom stereocenters. The Morgan fingerprint density at radius 2 is 2.50 bits per heavy atom. The van der Waals surface area contributed by atoms with E-state index in [1.165, 1.54) is 0 Å². The van der Waals surface area contributed by atoms with Crippen LogP contribution in [0.3, 0.4) is 0 Å². The summed E-state index contributed by atoms with van der Waals surface area (Å²) in [5.74, 6) is 1.05. The van der Waals surface area contributed by atoms with E-state index < -0.39 is 0 Å². The second kappa shape index (κ2) is 1.81. The number of nitrogens with two attached hydrogens (primary N) is 1. The molecule has 0 aromatic carbocycles. The Hall–Kier alpha value is -1.06. The summed E-state index contributed by atoms with van der Waals surface area (Å²) in [6.45, 7) is 1.93. The Morgan fingerprint density at radius 3 is 2.75 bits per heavy atom. The van der Waals surface area contributed by atoms with Crippen LogP contribution in [0, 0.1) is 0 Å². The van der Waals surface area contributed by atoms with E-state index in [9.17, 15) is 0 Å². The number of hydrogen-bond donors (Lipinski definition) is 1. The lowest BCUT2D eigenvalue weighted by atomic mass is 10.4. The Kier molecular flexibility index (Phi) is 1.15. The van der Waals surface area contributed by atoms with Gasteiger partial charge < -0.3 is 10.3 Å². The van der Waals surface area contributed by atoms with E-state index in [0.717, 1.165) is 6.42 Å². The van der Waals surface area contributed by atoms with Gasteiger partial charge in [0.15, 0.2) is 11.6 Å². The minimum atomic E-state index is 0.396. The van der Waals surface area contributed by atoms with Gasteiger partial charge in [-0.25, -0.2) is 0 Å². The van der Waals surface area contributed by atoms with E-state index in [4.69, 9.17) is 5.73 Å². The van der Waals surface area contributed by atoms with E-state index in [0.29, 0.717) is 11.6 Å². The Morgan fingerprint density at radius 1 is 1.75 bits per heavy atom. The van der Waals surface area contributed by atoms with Gasteiger partial charge in [0.1, 0.15) is 0 Å². The summed E-state index contributed by atoms with van der Waals surface area (Å²) >= 11 is 0. The van der Waals surface area contributed by atoms with Crippen LogP contribution in [0.1, 0.15) is 12.7 Å². The molecule has 0 aliphatic heterocycles. The quantitative estimate of drug-likeness (QED) is 0.565. The Labute approximate surface area is 46.7 Å². The topological polar surface area (TPSA) is 64.9 Å². The third-order valence-electron chi connectivity index (χ3n) is 0.906. The van der Waals surface area contributed by atoms with E-state index in [-0.39, 0.29) is 0 Å². The summed E-state index contributed by atoms with van der Waals surface area (Å²) in [5, 5.41) is 6.69. The van der Waals surface area contributed by atoms with Gasteiger partial charge in [-0.2, -0.15) is 0 Å². The third-order valence-corrected chi connectivity index (χ3v) is 0.906. The highest BCUT2D eigenvalue weighted by Crippen LogP contribution is 2.04. The molecular formula is C4H7N3O. The molecule has 0 saturated heterocycles. The first-order chi connectivity index (χ1) is 3.84. The maximum atomic E-state index is 5.28. The lowest BCUT2D eigenvalue weighted by molar-refractivity contribution is 0.365. The standard InChI is InChI=1S/C4H7N3O/c1-2-3-4(5)6-7-8-3/h2,5H2,1H3. The van der Waals surface area contributed by atoms with Crippen LogP contribution in [0.2, 0.25) is 0 Å². The van der Waals surface area contributed by atoms with Crippen LogP contribution in [0.25, 0.3) is 0 Å². The molecule has 1 aromatic heterocycles. The molecule has 8 heavy (non-hydrogen) atoms. The van der Waals surface area contributed by atoms with Crippen LogP contribution in [0.15, 0.2) is 4.52 Å². The van der Waals surface area contributed by atoms with Crippen molar-refractivity contribution >= 4 is 5.82 Å². The second-order valence-electron chi connectivity index (χ2n) is 1.43. The van der Waals surface area contributed by atoms with Gasteiger partial charge in [-0.3, -0.25) is 0 Å². The van der Waals surface area contributed by atoms with Gasteiger partial charge in [0, 0.05) is 11.7 Å². The van der Waals surface area contributed by atoms with Crippen molar-refractivity contribution in [3.8, 4) is 0 Å². The number of nitrogen functional groups attached to an aromatic ring is 1. The molecule has 0 aliphatic carbocycles. The number of nitrogens with zero attached hydrogens (tertiary/aromatic N) is 2. The maximum Gasteiger partial charge on any atom is 0.190 e. The zero-order valence-corrected chi connectivity index (χ0v) is 4.59. The highest BCUT2D eigenvalue weighted by Gasteiger charge is 1.99.